The maximum atomic E-state index is 5.52. The van der Waals surface area contributed by atoms with E-state index in [-0.39, 0.29) is 0 Å². The van der Waals surface area contributed by atoms with Gasteiger partial charge in [0.25, 0.3) is 0 Å². The van der Waals surface area contributed by atoms with Gasteiger partial charge in [0.1, 0.15) is 11.6 Å². The summed E-state index contributed by atoms with van der Waals surface area (Å²) in [5, 5.41) is 0. The number of hydrogen-bond donors (Lipinski definition) is 0. The van der Waals surface area contributed by atoms with E-state index in [0.717, 1.165) is 18.1 Å². The first-order valence-corrected chi connectivity index (χ1v) is 8.61. The molecular weight excluding hydrogens is 286 g/mol. The van der Waals surface area contributed by atoms with Crippen molar-refractivity contribution in [2.24, 2.45) is 0 Å². The fourth-order valence-electron chi connectivity index (χ4n) is 3.58. The summed E-state index contributed by atoms with van der Waals surface area (Å²) in [6.07, 6.45) is 7.60. The van der Waals surface area contributed by atoms with Crippen molar-refractivity contribution in [3.8, 4) is 5.75 Å². The predicted octanol–water partition coefficient (Wildman–Crippen LogP) is 3.47. The average molecular weight is 313 g/mol. The van der Waals surface area contributed by atoms with E-state index >= 15 is 0 Å². The fraction of sp³-hybridized carbons (Fsp3) is 0.526. The molecule has 1 fully saturated rings. The normalized spacial score (nSPS) is 16.6. The Kier molecular flexibility index (Phi) is 5.34. The molecule has 0 unspecified atom stereocenters. The van der Waals surface area contributed by atoms with Gasteiger partial charge >= 0.3 is 0 Å². The smallest absolute Gasteiger partial charge is 0.122 e. The molecule has 4 nitrogen and oxygen atoms in total. The van der Waals surface area contributed by atoms with E-state index in [9.17, 15) is 0 Å². The number of likely N-dealkylation sites (tertiary alicyclic amines) is 1. The number of piperidine rings is 1. The number of aryl methyl sites for hydroxylation is 2. The molecule has 0 spiro atoms. The van der Waals surface area contributed by atoms with Gasteiger partial charge in [0.2, 0.25) is 0 Å². The maximum Gasteiger partial charge on any atom is 0.122 e. The summed E-state index contributed by atoms with van der Waals surface area (Å²) in [7, 11) is 1.77. The van der Waals surface area contributed by atoms with Crippen LogP contribution in [-0.4, -0.2) is 41.2 Å². The minimum Gasteiger partial charge on any atom is -0.496 e. The van der Waals surface area contributed by atoms with Crippen molar-refractivity contribution in [3.63, 3.8) is 0 Å². The summed E-state index contributed by atoms with van der Waals surface area (Å²) >= 11 is 0. The number of para-hydroxylation sites is 1. The number of imidazole rings is 1. The third kappa shape index (κ3) is 3.94. The van der Waals surface area contributed by atoms with Crippen molar-refractivity contribution in [1.82, 2.24) is 14.5 Å². The van der Waals surface area contributed by atoms with Crippen LogP contribution < -0.4 is 4.74 Å². The Morgan fingerprint density at radius 2 is 1.96 bits per heavy atom. The van der Waals surface area contributed by atoms with Crippen LogP contribution in [0.5, 0.6) is 5.75 Å². The van der Waals surface area contributed by atoms with Crippen LogP contribution in [0.4, 0.5) is 0 Å². The zero-order valence-electron chi connectivity index (χ0n) is 14.2. The van der Waals surface area contributed by atoms with Crippen molar-refractivity contribution in [2.75, 3.05) is 26.7 Å². The Labute approximate surface area is 139 Å². The largest absolute Gasteiger partial charge is 0.496 e. The summed E-state index contributed by atoms with van der Waals surface area (Å²) in [5.41, 5.74) is 1.38. The lowest BCUT2D eigenvalue weighted by atomic mass is 9.89. The number of benzene rings is 1. The molecule has 1 aliphatic heterocycles. The summed E-state index contributed by atoms with van der Waals surface area (Å²) < 4.78 is 7.76. The highest BCUT2D eigenvalue weighted by Crippen LogP contribution is 2.33. The molecule has 1 aromatic heterocycles. The van der Waals surface area contributed by atoms with E-state index in [1.165, 1.54) is 44.5 Å². The van der Waals surface area contributed by atoms with Crippen LogP contribution in [-0.2, 0) is 6.54 Å². The van der Waals surface area contributed by atoms with Crippen LogP contribution in [0.2, 0.25) is 0 Å². The van der Waals surface area contributed by atoms with Gasteiger partial charge < -0.3 is 14.2 Å². The van der Waals surface area contributed by atoms with Gasteiger partial charge in [0.05, 0.1) is 7.11 Å². The zero-order valence-corrected chi connectivity index (χ0v) is 14.2. The van der Waals surface area contributed by atoms with Gasteiger partial charge in [-0.25, -0.2) is 4.98 Å². The summed E-state index contributed by atoms with van der Waals surface area (Å²) in [6.45, 7) is 6.69. The van der Waals surface area contributed by atoms with Crippen LogP contribution in [0.1, 0.15) is 36.6 Å². The molecule has 0 amide bonds. The second-order valence-electron chi connectivity index (χ2n) is 6.38. The molecule has 0 atom stereocenters. The molecule has 2 aromatic rings. The van der Waals surface area contributed by atoms with Crippen molar-refractivity contribution in [1.29, 1.82) is 0 Å². The molecule has 124 valence electrons. The Bertz CT molecular complexity index is 615. The van der Waals surface area contributed by atoms with Gasteiger partial charge in [-0.3, -0.25) is 0 Å². The predicted molar refractivity (Wildman–Crippen MR) is 93.0 cm³/mol. The van der Waals surface area contributed by atoms with Gasteiger partial charge in [-0.1, -0.05) is 18.2 Å². The second-order valence-corrected chi connectivity index (χ2v) is 6.38. The van der Waals surface area contributed by atoms with E-state index < -0.39 is 0 Å². The number of nitrogens with zero attached hydrogens (tertiary/aromatic N) is 3. The average Bonchev–Trinajstić information content (AvgIpc) is 3.01. The zero-order chi connectivity index (χ0) is 16.1. The standard InChI is InChI=1S/C19H27N3O/c1-16-20-10-15-22(16)12-5-11-21-13-8-17(9-14-21)18-6-3-4-7-19(18)23-2/h3-4,6-7,10,15,17H,5,8-9,11-14H2,1-2H3. The molecule has 0 N–H and O–H groups in total. The van der Waals surface area contributed by atoms with Crippen LogP contribution in [0, 0.1) is 6.92 Å². The second kappa shape index (κ2) is 7.64. The molecule has 0 aliphatic carbocycles. The molecule has 1 aromatic carbocycles. The summed E-state index contributed by atoms with van der Waals surface area (Å²) in [5.74, 6) is 2.79. The number of ether oxygens (including phenoxy) is 1. The van der Waals surface area contributed by atoms with E-state index in [4.69, 9.17) is 4.74 Å². The van der Waals surface area contributed by atoms with E-state index in [2.05, 4.69) is 51.8 Å². The Morgan fingerprint density at radius 3 is 2.65 bits per heavy atom. The first kappa shape index (κ1) is 16.1. The van der Waals surface area contributed by atoms with Crippen molar-refractivity contribution in [3.05, 3.63) is 48.0 Å². The Morgan fingerprint density at radius 1 is 1.17 bits per heavy atom. The minimum atomic E-state index is 0.637. The first-order valence-electron chi connectivity index (χ1n) is 8.61. The van der Waals surface area contributed by atoms with Crippen molar-refractivity contribution >= 4 is 0 Å². The van der Waals surface area contributed by atoms with Crippen LogP contribution >= 0.6 is 0 Å². The van der Waals surface area contributed by atoms with E-state index in [1.807, 2.05) is 6.20 Å². The molecule has 3 rings (SSSR count). The molecule has 2 heterocycles. The molecule has 0 saturated carbocycles. The Balaban J connectivity index is 1.46. The van der Waals surface area contributed by atoms with Crippen LogP contribution in [0.25, 0.3) is 0 Å². The molecule has 0 radical (unpaired) electrons. The third-order valence-electron chi connectivity index (χ3n) is 4.96. The molecule has 23 heavy (non-hydrogen) atoms. The van der Waals surface area contributed by atoms with Gasteiger partial charge in [-0.2, -0.15) is 0 Å². The topological polar surface area (TPSA) is 30.3 Å². The van der Waals surface area contributed by atoms with Gasteiger partial charge in [-0.15, -0.1) is 0 Å². The SMILES string of the molecule is COc1ccccc1C1CCN(CCCn2ccnc2C)CC1. The maximum absolute atomic E-state index is 5.52. The van der Waals surface area contributed by atoms with Crippen LogP contribution in [0.15, 0.2) is 36.7 Å². The third-order valence-corrected chi connectivity index (χ3v) is 4.96. The Hall–Kier alpha value is -1.81. The molecule has 4 heteroatoms. The number of rotatable bonds is 6. The van der Waals surface area contributed by atoms with Gasteiger partial charge in [0, 0.05) is 18.9 Å². The lowest BCUT2D eigenvalue weighted by Crippen LogP contribution is -2.34. The van der Waals surface area contributed by atoms with Gasteiger partial charge in [0.15, 0.2) is 0 Å². The minimum absolute atomic E-state index is 0.637. The highest BCUT2D eigenvalue weighted by Gasteiger charge is 2.22. The van der Waals surface area contributed by atoms with Crippen molar-refractivity contribution in [2.45, 2.75) is 38.6 Å². The van der Waals surface area contributed by atoms with E-state index in [1.54, 1.807) is 7.11 Å². The first-order chi connectivity index (χ1) is 11.3. The molecule has 1 aliphatic rings. The lowest BCUT2D eigenvalue weighted by molar-refractivity contribution is 0.205. The van der Waals surface area contributed by atoms with Crippen LogP contribution in [0.3, 0.4) is 0 Å². The molecule has 0 bridgehead atoms. The van der Waals surface area contributed by atoms with E-state index in [0.29, 0.717) is 5.92 Å². The summed E-state index contributed by atoms with van der Waals surface area (Å²) in [6, 6.07) is 8.48. The highest BCUT2D eigenvalue weighted by atomic mass is 16.5. The number of methoxy groups -OCH3 is 1. The number of aromatic nitrogens is 2. The van der Waals surface area contributed by atoms with Gasteiger partial charge in [-0.05, 0) is 63.4 Å². The fourth-order valence-corrected chi connectivity index (χ4v) is 3.58. The van der Waals surface area contributed by atoms with Crippen molar-refractivity contribution < 1.29 is 4.74 Å². The quantitative estimate of drug-likeness (QED) is 0.818. The molecular formula is C19H27N3O. The number of hydrogen-bond acceptors (Lipinski definition) is 3. The molecule has 1 saturated heterocycles. The monoisotopic (exact) mass is 313 g/mol. The highest BCUT2D eigenvalue weighted by molar-refractivity contribution is 5.36. The summed E-state index contributed by atoms with van der Waals surface area (Å²) in [4.78, 5) is 6.87. The lowest BCUT2D eigenvalue weighted by Gasteiger charge is -2.32.